The number of hydrogen-bond acceptors (Lipinski definition) is 3. The maximum absolute atomic E-state index is 14.0. The van der Waals surface area contributed by atoms with Gasteiger partial charge in [0.05, 0.1) is 38.6 Å². The quantitative estimate of drug-likeness (QED) is 0.380. The first kappa shape index (κ1) is 22.3. The number of ether oxygens (including phenoxy) is 2. The van der Waals surface area contributed by atoms with Gasteiger partial charge in [-0.2, -0.15) is 0 Å². The molecule has 154 valence electrons. The minimum absolute atomic E-state index is 0.193. The van der Waals surface area contributed by atoms with Crippen LogP contribution >= 0.6 is 0 Å². The Kier molecular flexibility index (Phi) is 9.93. The van der Waals surface area contributed by atoms with Crippen LogP contribution in [0.25, 0.3) is 0 Å². The van der Waals surface area contributed by atoms with E-state index in [4.69, 9.17) is 9.47 Å². The fourth-order valence-corrected chi connectivity index (χ4v) is 3.24. The Bertz CT molecular complexity index is 705. The molecular weight excluding hydrogens is 359 g/mol. The average molecular weight is 392 g/mol. The first-order valence-corrected chi connectivity index (χ1v) is 9.70. The highest BCUT2D eigenvalue weighted by Gasteiger charge is 2.18. The van der Waals surface area contributed by atoms with Gasteiger partial charge in [0.1, 0.15) is 25.0 Å². The molecule has 5 nitrogen and oxygen atoms in total. The molecule has 1 aromatic heterocycles. The van der Waals surface area contributed by atoms with E-state index in [1.54, 1.807) is 19.3 Å². The second kappa shape index (κ2) is 12.5. The van der Waals surface area contributed by atoms with Crippen LogP contribution in [0.4, 0.5) is 4.39 Å². The van der Waals surface area contributed by atoms with Crippen LogP contribution in [-0.4, -0.2) is 55.8 Å². The highest BCUT2D eigenvalue weighted by molar-refractivity contribution is 5.19. The molecule has 0 spiro atoms. The minimum Gasteiger partial charge on any atom is -0.385 e. The number of aliphatic hydroxyl groups is 1. The number of methoxy groups -OCH3 is 1. The Morgan fingerprint density at radius 3 is 2.86 bits per heavy atom. The zero-order chi connectivity index (χ0) is 20.2. The van der Waals surface area contributed by atoms with Crippen molar-refractivity contribution in [2.24, 2.45) is 0 Å². The average Bonchev–Trinajstić information content (AvgIpc) is 3.10. The number of halogens is 1. The SMILES string of the molecule is C=CCOC[C@@H](O)C[NH+](CCCOC)Cc1cccn1Cc1ccccc1F. The summed E-state index contributed by atoms with van der Waals surface area (Å²) < 4.78 is 26.6. The van der Waals surface area contributed by atoms with Crippen molar-refractivity contribution in [3.05, 3.63) is 72.3 Å². The largest absolute Gasteiger partial charge is 0.385 e. The number of nitrogens with zero attached hydrogens (tertiary/aromatic N) is 1. The van der Waals surface area contributed by atoms with Gasteiger partial charge >= 0.3 is 0 Å². The molecule has 0 radical (unpaired) electrons. The van der Waals surface area contributed by atoms with Crippen molar-refractivity contribution in [3.8, 4) is 0 Å². The molecule has 2 atom stereocenters. The Morgan fingerprint density at radius 2 is 2.11 bits per heavy atom. The molecule has 0 amide bonds. The molecule has 0 saturated heterocycles. The number of benzene rings is 1. The van der Waals surface area contributed by atoms with Crippen LogP contribution < -0.4 is 4.90 Å². The number of rotatable bonds is 14. The van der Waals surface area contributed by atoms with Gasteiger partial charge in [0, 0.05) is 25.3 Å². The number of aromatic nitrogens is 1. The van der Waals surface area contributed by atoms with Crippen LogP contribution in [0.15, 0.2) is 55.3 Å². The lowest BCUT2D eigenvalue weighted by atomic mass is 10.2. The van der Waals surface area contributed by atoms with E-state index in [1.807, 2.05) is 24.4 Å². The van der Waals surface area contributed by atoms with Gasteiger partial charge in [-0.15, -0.1) is 6.58 Å². The lowest BCUT2D eigenvalue weighted by Crippen LogP contribution is -3.12. The van der Waals surface area contributed by atoms with Gasteiger partial charge in [-0.25, -0.2) is 4.39 Å². The van der Waals surface area contributed by atoms with Crippen molar-refractivity contribution in [3.63, 3.8) is 0 Å². The summed E-state index contributed by atoms with van der Waals surface area (Å²) in [4.78, 5) is 1.24. The van der Waals surface area contributed by atoms with Crippen LogP contribution in [-0.2, 0) is 22.6 Å². The molecule has 0 aliphatic rings. The second-order valence-electron chi connectivity index (χ2n) is 6.93. The summed E-state index contributed by atoms with van der Waals surface area (Å²) in [5.74, 6) is -0.193. The summed E-state index contributed by atoms with van der Waals surface area (Å²) >= 11 is 0. The number of nitrogens with one attached hydrogen (secondary N) is 1. The van der Waals surface area contributed by atoms with Crippen LogP contribution in [0.5, 0.6) is 0 Å². The van der Waals surface area contributed by atoms with Crippen molar-refractivity contribution < 1.29 is 23.9 Å². The summed E-state index contributed by atoms with van der Waals surface area (Å²) in [6, 6.07) is 10.9. The lowest BCUT2D eigenvalue weighted by molar-refractivity contribution is -0.917. The maximum Gasteiger partial charge on any atom is 0.128 e. The molecule has 0 aliphatic heterocycles. The first-order chi connectivity index (χ1) is 13.6. The molecule has 1 aromatic carbocycles. The Balaban J connectivity index is 2.01. The van der Waals surface area contributed by atoms with Gasteiger partial charge in [0.25, 0.3) is 0 Å². The van der Waals surface area contributed by atoms with Gasteiger partial charge in [-0.05, 0) is 18.2 Å². The van der Waals surface area contributed by atoms with E-state index >= 15 is 0 Å². The monoisotopic (exact) mass is 391 g/mol. The van der Waals surface area contributed by atoms with Crippen molar-refractivity contribution in [2.45, 2.75) is 25.6 Å². The third-order valence-electron chi connectivity index (χ3n) is 4.60. The van der Waals surface area contributed by atoms with Crippen LogP contribution in [0.2, 0.25) is 0 Å². The minimum atomic E-state index is -0.549. The molecular formula is C22H32FN2O3+. The van der Waals surface area contributed by atoms with Gasteiger partial charge in [-0.1, -0.05) is 24.3 Å². The molecule has 0 saturated carbocycles. The fraction of sp³-hybridized carbons (Fsp3) is 0.455. The molecule has 28 heavy (non-hydrogen) atoms. The van der Waals surface area contributed by atoms with Gasteiger partial charge in [0.2, 0.25) is 0 Å². The van der Waals surface area contributed by atoms with Crippen LogP contribution in [0.3, 0.4) is 0 Å². The van der Waals surface area contributed by atoms with Crippen molar-refractivity contribution in [1.29, 1.82) is 0 Å². The molecule has 6 heteroatoms. The topological polar surface area (TPSA) is 48.1 Å². The zero-order valence-electron chi connectivity index (χ0n) is 16.6. The summed E-state index contributed by atoms with van der Waals surface area (Å²) in [6.07, 6.45) is 4.00. The van der Waals surface area contributed by atoms with Gasteiger partial charge < -0.3 is 24.0 Å². The maximum atomic E-state index is 14.0. The Hall–Kier alpha value is -1.99. The molecule has 2 N–H and O–H groups in total. The molecule has 2 aromatic rings. The second-order valence-corrected chi connectivity index (χ2v) is 6.93. The highest BCUT2D eigenvalue weighted by atomic mass is 19.1. The smallest absolute Gasteiger partial charge is 0.128 e. The van der Waals surface area contributed by atoms with E-state index in [0.29, 0.717) is 31.9 Å². The van der Waals surface area contributed by atoms with Gasteiger partial charge in [-0.3, -0.25) is 0 Å². The summed E-state index contributed by atoms with van der Waals surface area (Å²) in [6.45, 7) is 7.70. The first-order valence-electron chi connectivity index (χ1n) is 9.70. The molecule has 2 rings (SSSR count). The van der Waals surface area contributed by atoms with Crippen molar-refractivity contribution in [1.82, 2.24) is 4.57 Å². The van der Waals surface area contributed by atoms with E-state index in [1.165, 1.54) is 11.0 Å². The predicted molar refractivity (Wildman–Crippen MR) is 108 cm³/mol. The lowest BCUT2D eigenvalue weighted by Gasteiger charge is -2.23. The number of quaternary nitrogens is 1. The third kappa shape index (κ3) is 7.56. The van der Waals surface area contributed by atoms with Crippen molar-refractivity contribution in [2.75, 3.05) is 40.0 Å². The standard InChI is InChI=1S/C22H31FN2O3/c1-3-13-28-18-21(26)17-24(11-7-14-27-2)16-20-9-6-12-25(20)15-19-8-4-5-10-22(19)23/h3-6,8-10,12,21,26H,1,7,11,13-18H2,2H3/p+1/t21-/m0/s1. The van der Waals surface area contributed by atoms with E-state index in [-0.39, 0.29) is 12.4 Å². The fourth-order valence-electron chi connectivity index (χ4n) is 3.24. The molecule has 0 fully saturated rings. The van der Waals surface area contributed by atoms with E-state index in [9.17, 15) is 9.50 Å². The van der Waals surface area contributed by atoms with Crippen LogP contribution in [0.1, 0.15) is 17.7 Å². The summed E-state index contributed by atoms with van der Waals surface area (Å²) in [5, 5.41) is 10.3. The molecule has 1 heterocycles. The van der Waals surface area contributed by atoms with E-state index in [0.717, 1.165) is 25.2 Å². The molecule has 0 bridgehead atoms. The number of aliphatic hydroxyl groups excluding tert-OH is 1. The Labute approximate surface area is 167 Å². The van der Waals surface area contributed by atoms with Crippen molar-refractivity contribution >= 4 is 0 Å². The number of hydrogen-bond donors (Lipinski definition) is 2. The van der Waals surface area contributed by atoms with E-state index < -0.39 is 6.10 Å². The Morgan fingerprint density at radius 1 is 1.29 bits per heavy atom. The third-order valence-corrected chi connectivity index (χ3v) is 4.60. The summed E-state index contributed by atoms with van der Waals surface area (Å²) in [5.41, 5.74) is 1.77. The van der Waals surface area contributed by atoms with Gasteiger partial charge in [0.15, 0.2) is 0 Å². The summed E-state index contributed by atoms with van der Waals surface area (Å²) in [7, 11) is 1.69. The van der Waals surface area contributed by atoms with Crippen LogP contribution in [0, 0.1) is 5.82 Å². The molecule has 1 unspecified atom stereocenters. The zero-order valence-corrected chi connectivity index (χ0v) is 16.6. The normalized spacial score (nSPS) is 13.4. The predicted octanol–water partition coefficient (Wildman–Crippen LogP) is 1.66. The highest BCUT2D eigenvalue weighted by Crippen LogP contribution is 2.11. The van der Waals surface area contributed by atoms with E-state index in [2.05, 4.69) is 17.2 Å². The molecule has 0 aliphatic carbocycles.